The number of thioether (sulfide) groups is 1. The van der Waals surface area contributed by atoms with Crippen molar-refractivity contribution in [1.82, 2.24) is 20.1 Å². The molecule has 0 radical (unpaired) electrons. The van der Waals surface area contributed by atoms with Gasteiger partial charge >= 0.3 is 6.36 Å². The molecule has 154 valence electrons. The fourth-order valence-corrected chi connectivity index (χ4v) is 3.28. The van der Waals surface area contributed by atoms with Crippen LogP contribution in [0.2, 0.25) is 0 Å². The molecule has 0 spiro atoms. The maximum atomic E-state index is 12.5. The van der Waals surface area contributed by atoms with E-state index in [0.29, 0.717) is 16.7 Å². The number of nitrogens with zero attached hydrogens (tertiary/aromatic N) is 3. The average molecular weight is 426 g/mol. The van der Waals surface area contributed by atoms with Gasteiger partial charge in [-0.15, -0.1) is 23.4 Å². The molecule has 0 aliphatic heterocycles. The first kappa shape index (κ1) is 20.8. The minimum Gasteiger partial charge on any atom is -0.469 e. The predicted molar refractivity (Wildman–Crippen MR) is 99.1 cm³/mol. The average Bonchev–Trinajstić information content (AvgIpc) is 3.23. The lowest BCUT2D eigenvalue weighted by molar-refractivity contribution is -0.274. The van der Waals surface area contributed by atoms with Gasteiger partial charge < -0.3 is 19.0 Å². The summed E-state index contributed by atoms with van der Waals surface area (Å²) in [5.41, 5.74) is 1.03. The number of ether oxygens (including phenoxy) is 1. The van der Waals surface area contributed by atoms with Crippen LogP contribution in [-0.4, -0.2) is 32.8 Å². The largest absolute Gasteiger partial charge is 0.573 e. The highest BCUT2D eigenvalue weighted by atomic mass is 32.2. The van der Waals surface area contributed by atoms with Gasteiger partial charge in [0.05, 0.1) is 17.6 Å². The van der Waals surface area contributed by atoms with Gasteiger partial charge in [0.25, 0.3) is 0 Å². The zero-order valence-electron chi connectivity index (χ0n) is 15.5. The minimum atomic E-state index is -4.80. The number of furan rings is 1. The van der Waals surface area contributed by atoms with Gasteiger partial charge in [-0.2, -0.15) is 0 Å². The molecule has 0 saturated heterocycles. The van der Waals surface area contributed by atoms with E-state index in [2.05, 4.69) is 20.3 Å². The molecule has 11 heteroatoms. The van der Waals surface area contributed by atoms with E-state index < -0.39 is 6.36 Å². The number of nitrogens with one attached hydrogen (secondary N) is 1. The van der Waals surface area contributed by atoms with Gasteiger partial charge in [-0.25, -0.2) is 0 Å². The molecular weight excluding hydrogens is 409 g/mol. The van der Waals surface area contributed by atoms with E-state index in [1.807, 2.05) is 6.92 Å². The molecule has 29 heavy (non-hydrogen) atoms. The molecular formula is C18H17F3N4O3S. The first-order valence-corrected chi connectivity index (χ1v) is 9.40. The van der Waals surface area contributed by atoms with Gasteiger partial charge in [0.2, 0.25) is 5.91 Å². The maximum absolute atomic E-state index is 12.5. The highest BCUT2D eigenvalue weighted by Crippen LogP contribution is 2.27. The summed E-state index contributed by atoms with van der Waals surface area (Å²) in [5, 5.41) is 11.3. The van der Waals surface area contributed by atoms with E-state index in [9.17, 15) is 18.0 Å². The number of carbonyl (C=O) groups excluding carboxylic acids is 1. The molecule has 0 bridgehead atoms. The Balaban J connectivity index is 1.57. The van der Waals surface area contributed by atoms with Crippen LogP contribution in [0.1, 0.15) is 11.3 Å². The normalized spacial score (nSPS) is 11.5. The van der Waals surface area contributed by atoms with E-state index in [4.69, 9.17) is 4.42 Å². The summed E-state index contributed by atoms with van der Waals surface area (Å²) in [7, 11) is 1.77. The van der Waals surface area contributed by atoms with Crippen molar-refractivity contribution in [3.05, 3.63) is 47.9 Å². The van der Waals surface area contributed by atoms with Crippen LogP contribution in [0.25, 0.3) is 11.4 Å². The Kier molecular flexibility index (Phi) is 6.16. The standard InChI is InChI=1S/C18H17F3N4O3S/c1-11-13(7-8-27-11)16-23-24-17(25(16)2)29-10-15(26)22-9-12-5-3-4-6-14(12)28-18(19,20)21/h3-8H,9-10H2,1-2H3,(H,22,26). The van der Waals surface area contributed by atoms with Gasteiger partial charge in [0, 0.05) is 19.2 Å². The molecule has 2 heterocycles. The number of para-hydroxylation sites is 1. The Bertz CT molecular complexity index is 1000. The SMILES string of the molecule is Cc1occc1-c1nnc(SCC(=O)NCc2ccccc2OC(F)(F)F)n1C. The molecule has 3 rings (SSSR count). The number of amides is 1. The van der Waals surface area contributed by atoms with Crippen molar-refractivity contribution in [1.29, 1.82) is 0 Å². The van der Waals surface area contributed by atoms with Crippen LogP contribution < -0.4 is 10.1 Å². The van der Waals surface area contributed by atoms with Crippen LogP contribution >= 0.6 is 11.8 Å². The molecule has 0 saturated carbocycles. The van der Waals surface area contributed by atoms with Crippen LogP contribution in [0, 0.1) is 6.92 Å². The Labute approximate surface area is 168 Å². The number of hydrogen-bond acceptors (Lipinski definition) is 6. The summed E-state index contributed by atoms with van der Waals surface area (Å²) in [4.78, 5) is 12.1. The third-order valence-electron chi connectivity index (χ3n) is 3.94. The van der Waals surface area contributed by atoms with E-state index >= 15 is 0 Å². The Morgan fingerprint density at radius 1 is 1.28 bits per heavy atom. The molecule has 0 unspecified atom stereocenters. The van der Waals surface area contributed by atoms with Crippen molar-refractivity contribution >= 4 is 17.7 Å². The Morgan fingerprint density at radius 2 is 2.03 bits per heavy atom. The van der Waals surface area contributed by atoms with Crippen molar-refractivity contribution in [2.45, 2.75) is 25.0 Å². The van der Waals surface area contributed by atoms with Crippen molar-refractivity contribution in [3.8, 4) is 17.1 Å². The summed E-state index contributed by atoms with van der Waals surface area (Å²) >= 11 is 1.16. The van der Waals surface area contributed by atoms with E-state index in [1.165, 1.54) is 18.2 Å². The Morgan fingerprint density at radius 3 is 2.72 bits per heavy atom. The molecule has 0 aliphatic carbocycles. The fourth-order valence-electron chi connectivity index (χ4n) is 2.54. The monoisotopic (exact) mass is 426 g/mol. The fraction of sp³-hybridized carbons (Fsp3) is 0.278. The summed E-state index contributed by atoms with van der Waals surface area (Å²) in [6.07, 6.45) is -3.24. The number of carbonyl (C=O) groups is 1. The van der Waals surface area contributed by atoms with E-state index in [-0.39, 0.29) is 29.5 Å². The number of hydrogen-bond donors (Lipinski definition) is 1. The quantitative estimate of drug-likeness (QED) is 0.581. The number of rotatable bonds is 7. The smallest absolute Gasteiger partial charge is 0.469 e. The highest BCUT2D eigenvalue weighted by molar-refractivity contribution is 7.99. The summed E-state index contributed by atoms with van der Waals surface area (Å²) in [6, 6.07) is 7.42. The summed E-state index contributed by atoms with van der Waals surface area (Å²) < 4.78 is 48.4. The molecule has 0 aliphatic rings. The lowest BCUT2D eigenvalue weighted by Crippen LogP contribution is -2.26. The second-order valence-electron chi connectivity index (χ2n) is 5.98. The van der Waals surface area contributed by atoms with Crippen LogP contribution in [0.3, 0.4) is 0 Å². The van der Waals surface area contributed by atoms with Crippen molar-refractivity contribution in [2.75, 3.05) is 5.75 Å². The lowest BCUT2D eigenvalue weighted by atomic mass is 10.2. The summed E-state index contributed by atoms with van der Waals surface area (Å²) in [6.45, 7) is 1.72. The highest BCUT2D eigenvalue weighted by Gasteiger charge is 2.32. The number of aromatic nitrogens is 3. The Hall–Kier alpha value is -2.95. The third-order valence-corrected chi connectivity index (χ3v) is 4.96. The summed E-state index contributed by atoms with van der Waals surface area (Å²) in [5.74, 6) is 0.632. The number of halogens is 3. The topological polar surface area (TPSA) is 82.2 Å². The second kappa shape index (κ2) is 8.60. The van der Waals surface area contributed by atoms with Gasteiger partial charge in [-0.05, 0) is 19.1 Å². The molecule has 0 fully saturated rings. The first-order valence-electron chi connectivity index (χ1n) is 8.41. The number of alkyl halides is 3. The van der Waals surface area contributed by atoms with Gasteiger partial charge in [0.15, 0.2) is 11.0 Å². The number of benzene rings is 1. The first-order chi connectivity index (χ1) is 13.7. The maximum Gasteiger partial charge on any atom is 0.573 e. The molecule has 1 aromatic carbocycles. The van der Waals surface area contributed by atoms with Crippen LogP contribution in [-0.2, 0) is 18.4 Å². The van der Waals surface area contributed by atoms with Crippen LogP contribution in [0.15, 0.2) is 46.2 Å². The number of aryl methyl sites for hydroxylation is 1. The predicted octanol–water partition coefficient (Wildman–Crippen LogP) is 3.69. The van der Waals surface area contributed by atoms with Crippen LogP contribution in [0.5, 0.6) is 5.75 Å². The van der Waals surface area contributed by atoms with Crippen molar-refractivity contribution in [3.63, 3.8) is 0 Å². The van der Waals surface area contributed by atoms with Crippen LogP contribution in [0.4, 0.5) is 13.2 Å². The van der Waals surface area contributed by atoms with Crippen molar-refractivity contribution in [2.24, 2.45) is 7.05 Å². The molecule has 0 atom stereocenters. The van der Waals surface area contributed by atoms with Gasteiger partial charge in [-0.1, -0.05) is 30.0 Å². The van der Waals surface area contributed by atoms with Gasteiger partial charge in [0.1, 0.15) is 11.5 Å². The zero-order chi connectivity index (χ0) is 21.0. The van der Waals surface area contributed by atoms with E-state index in [1.54, 1.807) is 30.0 Å². The van der Waals surface area contributed by atoms with Gasteiger partial charge in [-0.3, -0.25) is 4.79 Å². The lowest BCUT2D eigenvalue weighted by Gasteiger charge is -2.13. The molecule has 1 N–H and O–H groups in total. The molecule has 2 aromatic heterocycles. The molecule has 1 amide bonds. The molecule has 3 aromatic rings. The third kappa shape index (κ3) is 5.31. The molecule has 7 nitrogen and oxygen atoms in total. The minimum absolute atomic E-state index is 0.0264. The second-order valence-corrected chi connectivity index (χ2v) is 6.92. The van der Waals surface area contributed by atoms with Crippen molar-refractivity contribution < 1.29 is 27.1 Å². The zero-order valence-corrected chi connectivity index (χ0v) is 16.3. The van der Waals surface area contributed by atoms with E-state index in [0.717, 1.165) is 17.3 Å².